The van der Waals surface area contributed by atoms with Gasteiger partial charge in [0.25, 0.3) is 0 Å². The second-order valence-electron chi connectivity index (χ2n) is 4.21. The summed E-state index contributed by atoms with van der Waals surface area (Å²) in [5.41, 5.74) is -0.591. The van der Waals surface area contributed by atoms with Gasteiger partial charge in [0, 0.05) is 5.56 Å². The van der Waals surface area contributed by atoms with E-state index in [4.69, 9.17) is 0 Å². The van der Waals surface area contributed by atoms with Crippen molar-refractivity contribution in [3.8, 4) is 0 Å². The van der Waals surface area contributed by atoms with Gasteiger partial charge in [0.1, 0.15) is 0 Å². The molecule has 0 N–H and O–H groups in total. The van der Waals surface area contributed by atoms with Gasteiger partial charge in [-0.1, -0.05) is 0 Å². The first-order valence-corrected chi connectivity index (χ1v) is 5.18. The van der Waals surface area contributed by atoms with Crippen molar-refractivity contribution in [2.75, 3.05) is 0 Å². The highest BCUT2D eigenvalue weighted by Gasteiger charge is 2.76. The average Bonchev–Trinajstić information content (AvgIpc) is 2.24. The van der Waals surface area contributed by atoms with E-state index in [1.165, 1.54) is 13.8 Å². The standard InChI is InChI=1S/C12H8F7O/c1-6-3-7(2)5-8(4-6)9(20)10(13,14)11(15,16)12(17,18)19/h4-5H,1-2H3. The molecule has 0 aromatic heterocycles. The van der Waals surface area contributed by atoms with E-state index in [0.717, 1.165) is 12.1 Å². The fraction of sp³-hybridized carbons (Fsp3) is 0.417. The van der Waals surface area contributed by atoms with Crippen molar-refractivity contribution in [3.05, 3.63) is 34.9 Å². The SMILES string of the molecule is Cc1[c]c(C)cc(C(=O)C(F)(F)C(F)(F)C(F)(F)F)c1. The number of halogens is 7. The third-order valence-electron chi connectivity index (χ3n) is 2.44. The summed E-state index contributed by atoms with van der Waals surface area (Å²) >= 11 is 0. The summed E-state index contributed by atoms with van der Waals surface area (Å²) in [4.78, 5) is 11.3. The molecule has 0 fully saturated rings. The van der Waals surface area contributed by atoms with Gasteiger partial charge in [-0.25, -0.2) is 0 Å². The Balaban J connectivity index is 3.31. The van der Waals surface area contributed by atoms with Crippen LogP contribution in [0.25, 0.3) is 0 Å². The summed E-state index contributed by atoms with van der Waals surface area (Å²) in [6.45, 7) is 2.67. The van der Waals surface area contributed by atoms with Crippen LogP contribution in [0.5, 0.6) is 0 Å². The van der Waals surface area contributed by atoms with Crippen LogP contribution in [0.2, 0.25) is 0 Å². The zero-order valence-corrected chi connectivity index (χ0v) is 10.2. The molecule has 1 rings (SSSR count). The van der Waals surface area contributed by atoms with Crippen molar-refractivity contribution in [1.82, 2.24) is 0 Å². The molecule has 0 heterocycles. The molecule has 111 valence electrons. The van der Waals surface area contributed by atoms with Crippen LogP contribution in [-0.2, 0) is 0 Å². The Hall–Kier alpha value is -1.60. The molecule has 1 aromatic rings. The first-order valence-electron chi connectivity index (χ1n) is 5.18. The van der Waals surface area contributed by atoms with E-state index in [2.05, 4.69) is 6.07 Å². The van der Waals surface area contributed by atoms with Crippen LogP contribution in [0.15, 0.2) is 12.1 Å². The number of rotatable bonds is 3. The van der Waals surface area contributed by atoms with Crippen molar-refractivity contribution >= 4 is 5.78 Å². The topological polar surface area (TPSA) is 17.1 Å². The van der Waals surface area contributed by atoms with Gasteiger partial charge in [-0.15, -0.1) is 0 Å². The van der Waals surface area contributed by atoms with Crippen LogP contribution in [0.4, 0.5) is 30.7 Å². The fourth-order valence-corrected chi connectivity index (χ4v) is 1.52. The summed E-state index contributed by atoms with van der Waals surface area (Å²) in [5.74, 6) is -14.9. The zero-order chi connectivity index (χ0) is 15.9. The summed E-state index contributed by atoms with van der Waals surface area (Å²) in [5, 5.41) is 0. The maximum atomic E-state index is 13.2. The maximum Gasteiger partial charge on any atom is 0.460 e. The molecule has 0 atom stereocenters. The maximum absolute atomic E-state index is 13.2. The van der Waals surface area contributed by atoms with Gasteiger partial charge in [0.2, 0.25) is 5.78 Å². The Kier molecular flexibility index (Phi) is 3.91. The molecule has 0 aliphatic carbocycles. The van der Waals surface area contributed by atoms with E-state index < -0.39 is 29.4 Å². The molecule has 0 unspecified atom stereocenters. The van der Waals surface area contributed by atoms with E-state index in [9.17, 15) is 35.5 Å². The van der Waals surface area contributed by atoms with Crippen LogP contribution < -0.4 is 0 Å². The number of ketones is 1. The van der Waals surface area contributed by atoms with Gasteiger partial charge >= 0.3 is 18.0 Å². The Labute approximate surface area is 109 Å². The number of aryl methyl sites for hydroxylation is 2. The Morgan fingerprint density at radius 2 is 1.35 bits per heavy atom. The fourth-order valence-electron chi connectivity index (χ4n) is 1.52. The van der Waals surface area contributed by atoms with E-state index in [1.54, 1.807) is 0 Å². The van der Waals surface area contributed by atoms with Crippen LogP contribution >= 0.6 is 0 Å². The molecule has 1 nitrogen and oxygen atoms in total. The number of carbonyl (C=O) groups is 1. The first-order chi connectivity index (χ1) is 8.80. The highest BCUT2D eigenvalue weighted by atomic mass is 19.4. The van der Waals surface area contributed by atoms with Gasteiger partial charge in [0.15, 0.2) is 0 Å². The van der Waals surface area contributed by atoms with Gasteiger partial charge in [-0.2, -0.15) is 30.7 Å². The number of Topliss-reactive ketones (excluding diaryl/α,β-unsaturated/α-hetero) is 1. The molecule has 0 saturated heterocycles. The third-order valence-corrected chi connectivity index (χ3v) is 2.44. The first kappa shape index (κ1) is 16.5. The minimum absolute atomic E-state index is 0.166. The summed E-state index contributed by atoms with van der Waals surface area (Å²) in [6.07, 6.45) is -6.53. The van der Waals surface area contributed by atoms with Crippen molar-refractivity contribution in [2.24, 2.45) is 0 Å². The summed E-state index contributed by atoms with van der Waals surface area (Å²) < 4.78 is 87.8. The highest BCUT2D eigenvalue weighted by Crippen LogP contribution is 2.47. The average molecular weight is 301 g/mol. The van der Waals surface area contributed by atoms with Crippen molar-refractivity contribution < 1.29 is 35.5 Å². The number of carbonyl (C=O) groups excluding carboxylic acids is 1. The summed E-state index contributed by atoms with van der Waals surface area (Å²) in [6, 6.07) is 4.13. The molecule has 1 aromatic carbocycles. The predicted molar refractivity (Wildman–Crippen MR) is 55.0 cm³/mol. The van der Waals surface area contributed by atoms with Gasteiger partial charge in [-0.3, -0.25) is 4.79 Å². The van der Waals surface area contributed by atoms with Crippen LogP contribution in [0, 0.1) is 19.9 Å². The van der Waals surface area contributed by atoms with Crippen LogP contribution in [0.1, 0.15) is 21.5 Å². The molecule has 20 heavy (non-hydrogen) atoms. The second kappa shape index (κ2) is 4.75. The molecule has 0 spiro atoms. The molecule has 0 saturated carbocycles. The van der Waals surface area contributed by atoms with Crippen molar-refractivity contribution in [2.45, 2.75) is 31.9 Å². The van der Waals surface area contributed by atoms with Crippen molar-refractivity contribution in [3.63, 3.8) is 0 Å². The monoisotopic (exact) mass is 301 g/mol. The number of hydrogen-bond donors (Lipinski definition) is 0. The van der Waals surface area contributed by atoms with E-state index in [0.29, 0.717) is 0 Å². The quantitative estimate of drug-likeness (QED) is 0.606. The minimum atomic E-state index is -6.53. The molecule has 8 heteroatoms. The van der Waals surface area contributed by atoms with E-state index in [1.807, 2.05) is 0 Å². The lowest BCUT2D eigenvalue weighted by atomic mass is 9.97. The lowest BCUT2D eigenvalue weighted by molar-refractivity contribution is -0.339. The molecule has 0 amide bonds. The smallest absolute Gasteiger partial charge is 0.287 e. The molecule has 1 radical (unpaired) electrons. The van der Waals surface area contributed by atoms with Gasteiger partial charge in [0.05, 0.1) is 0 Å². The lowest BCUT2D eigenvalue weighted by Crippen LogP contribution is -2.56. The Bertz CT molecular complexity index is 511. The predicted octanol–water partition coefficient (Wildman–Crippen LogP) is 4.12. The normalized spacial score (nSPS) is 13.4. The molecule has 0 bridgehead atoms. The number of hydrogen-bond acceptors (Lipinski definition) is 1. The Morgan fingerprint density at radius 1 is 0.950 bits per heavy atom. The number of alkyl halides is 7. The molecule has 0 aliphatic heterocycles. The largest absolute Gasteiger partial charge is 0.460 e. The van der Waals surface area contributed by atoms with Crippen LogP contribution in [-0.4, -0.2) is 23.8 Å². The third kappa shape index (κ3) is 2.64. The van der Waals surface area contributed by atoms with Crippen LogP contribution in [0.3, 0.4) is 0 Å². The molecule has 0 aliphatic rings. The van der Waals surface area contributed by atoms with Gasteiger partial charge < -0.3 is 0 Å². The lowest BCUT2D eigenvalue weighted by Gasteiger charge is -2.27. The second-order valence-corrected chi connectivity index (χ2v) is 4.21. The number of benzene rings is 1. The highest BCUT2D eigenvalue weighted by molar-refractivity contribution is 6.02. The summed E-state index contributed by atoms with van der Waals surface area (Å²) in [7, 11) is 0. The molecular formula is C12H8F7O. The van der Waals surface area contributed by atoms with Gasteiger partial charge in [-0.05, 0) is 43.2 Å². The zero-order valence-electron chi connectivity index (χ0n) is 10.2. The Morgan fingerprint density at radius 3 is 1.70 bits per heavy atom. The molecular weight excluding hydrogens is 293 g/mol. The minimum Gasteiger partial charge on any atom is -0.287 e. The van der Waals surface area contributed by atoms with Crippen molar-refractivity contribution in [1.29, 1.82) is 0 Å². The van der Waals surface area contributed by atoms with E-state index >= 15 is 0 Å². The van der Waals surface area contributed by atoms with E-state index in [-0.39, 0.29) is 11.1 Å².